The van der Waals surface area contributed by atoms with Gasteiger partial charge in [0.25, 0.3) is 0 Å². The summed E-state index contributed by atoms with van der Waals surface area (Å²) in [5.74, 6) is 2.81. The summed E-state index contributed by atoms with van der Waals surface area (Å²) in [5, 5.41) is 0. The van der Waals surface area contributed by atoms with Crippen LogP contribution in [-0.2, 0) is 0 Å². The fraction of sp³-hybridized carbons (Fsp3) is 0.636. The first kappa shape index (κ1) is 8.21. The van der Waals surface area contributed by atoms with E-state index >= 15 is 0 Å². The lowest BCUT2D eigenvalue weighted by Crippen LogP contribution is -2.21. The molecule has 0 saturated heterocycles. The predicted octanol–water partition coefficient (Wildman–Crippen LogP) is 1.95. The predicted molar refractivity (Wildman–Crippen MR) is 55.4 cm³/mol. The van der Waals surface area contributed by atoms with Gasteiger partial charge in [-0.05, 0) is 31.7 Å². The van der Waals surface area contributed by atoms with Crippen LogP contribution in [0.1, 0.15) is 37.4 Å². The summed E-state index contributed by atoms with van der Waals surface area (Å²) < 4.78 is 0. The lowest BCUT2D eigenvalue weighted by Gasteiger charge is -2.17. The molecule has 0 bridgehead atoms. The Morgan fingerprint density at radius 2 is 2.07 bits per heavy atom. The molecule has 2 saturated carbocycles. The zero-order valence-corrected chi connectivity index (χ0v) is 8.48. The highest BCUT2D eigenvalue weighted by molar-refractivity contribution is 5.39. The van der Waals surface area contributed by atoms with Gasteiger partial charge in [-0.3, -0.25) is 0 Å². The Bertz CT molecular complexity index is 342. The van der Waals surface area contributed by atoms with Gasteiger partial charge in [0.05, 0.1) is 0 Å². The minimum absolute atomic E-state index is 0.655. The van der Waals surface area contributed by atoms with E-state index in [1.54, 1.807) is 0 Å². The molecular formula is C11H15N3. The van der Waals surface area contributed by atoms with E-state index in [1.807, 2.05) is 12.3 Å². The van der Waals surface area contributed by atoms with Crippen molar-refractivity contribution in [2.45, 2.75) is 37.6 Å². The van der Waals surface area contributed by atoms with Crippen LogP contribution in [-0.4, -0.2) is 23.1 Å². The smallest absolute Gasteiger partial charge is 0.133 e. The lowest BCUT2D eigenvalue weighted by molar-refractivity contribution is 0.850. The zero-order valence-electron chi connectivity index (χ0n) is 8.48. The molecule has 3 heteroatoms. The molecule has 3 nitrogen and oxygen atoms in total. The van der Waals surface area contributed by atoms with Crippen LogP contribution in [0.5, 0.6) is 0 Å². The quantitative estimate of drug-likeness (QED) is 0.727. The summed E-state index contributed by atoms with van der Waals surface area (Å²) in [7, 11) is 2.14. The summed E-state index contributed by atoms with van der Waals surface area (Å²) in [6, 6.07) is 2.75. The monoisotopic (exact) mass is 189 g/mol. The Morgan fingerprint density at radius 1 is 1.29 bits per heavy atom. The fourth-order valence-corrected chi connectivity index (χ4v) is 1.75. The first-order valence-corrected chi connectivity index (χ1v) is 5.40. The molecule has 0 N–H and O–H groups in total. The van der Waals surface area contributed by atoms with E-state index in [9.17, 15) is 0 Å². The van der Waals surface area contributed by atoms with Gasteiger partial charge in [0.1, 0.15) is 11.6 Å². The van der Waals surface area contributed by atoms with Gasteiger partial charge in [-0.1, -0.05) is 0 Å². The van der Waals surface area contributed by atoms with Crippen LogP contribution in [0.3, 0.4) is 0 Å². The van der Waals surface area contributed by atoms with E-state index in [0.29, 0.717) is 5.92 Å². The number of anilines is 1. The highest BCUT2D eigenvalue weighted by Gasteiger charge is 2.29. The number of aromatic nitrogens is 2. The first-order chi connectivity index (χ1) is 6.84. The Labute approximate surface area is 84.2 Å². The molecule has 2 aliphatic rings. The molecular weight excluding hydrogens is 174 g/mol. The number of rotatable bonds is 3. The van der Waals surface area contributed by atoms with Crippen LogP contribution in [0.2, 0.25) is 0 Å². The van der Waals surface area contributed by atoms with Gasteiger partial charge in [-0.25, -0.2) is 9.97 Å². The third-order valence-corrected chi connectivity index (χ3v) is 3.06. The van der Waals surface area contributed by atoms with Crippen molar-refractivity contribution in [1.82, 2.24) is 9.97 Å². The van der Waals surface area contributed by atoms with Crippen molar-refractivity contribution < 1.29 is 0 Å². The molecule has 74 valence electrons. The highest BCUT2D eigenvalue weighted by Crippen LogP contribution is 2.38. The molecule has 0 spiro atoms. The van der Waals surface area contributed by atoms with Gasteiger partial charge >= 0.3 is 0 Å². The number of hydrogen-bond acceptors (Lipinski definition) is 3. The molecule has 2 fully saturated rings. The van der Waals surface area contributed by atoms with Gasteiger partial charge in [0, 0.05) is 25.2 Å². The average Bonchev–Trinajstić information content (AvgIpc) is 3.06. The maximum absolute atomic E-state index is 4.61. The van der Waals surface area contributed by atoms with Gasteiger partial charge in [0.15, 0.2) is 0 Å². The molecule has 2 aliphatic carbocycles. The lowest BCUT2D eigenvalue weighted by atomic mass is 10.4. The molecule has 3 rings (SSSR count). The van der Waals surface area contributed by atoms with Crippen LogP contribution in [0, 0.1) is 0 Å². The Kier molecular flexibility index (Phi) is 1.72. The van der Waals surface area contributed by atoms with E-state index in [-0.39, 0.29) is 0 Å². The molecule has 0 aromatic carbocycles. The molecule has 0 atom stereocenters. The molecule has 0 aliphatic heterocycles. The van der Waals surface area contributed by atoms with Crippen molar-refractivity contribution in [3.05, 3.63) is 18.1 Å². The molecule has 14 heavy (non-hydrogen) atoms. The van der Waals surface area contributed by atoms with Crippen molar-refractivity contribution in [2.24, 2.45) is 0 Å². The first-order valence-electron chi connectivity index (χ1n) is 5.40. The maximum atomic E-state index is 4.61. The van der Waals surface area contributed by atoms with Crippen LogP contribution in [0.4, 0.5) is 5.82 Å². The highest BCUT2D eigenvalue weighted by atomic mass is 15.2. The van der Waals surface area contributed by atoms with E-state index < -0.39 is 0 Å². The van der Waals surface area contributed by atoms with E-state index in [2.05, 4.69) is 21.9 Å². The Morgan fingerprint density at radius 3 is 2.71 bits per heavy atom. The van der Waals surface area contributed by atoms with Crippen molar-refractivity contribution in [1.29, 1.82) is 0 Å². The van der Waals surface area contributed by atoms with Crippen LogP contribution in [0.25, 0.3) is 0 Å². The van der Waals surface area contributed by atoms with E-state index in [0.717, 1.165) is 17.7 Å². The van der Waals surface area contributed by atoms with Crippen molar-refractivity contribution in [2.75, 3.05) is 11.9 Å². The molecule has 1 heterocycles. The van der Waals surface area contributed by atoms with Crippen molar-refractivity contribution >= 4 is 5.82 Å². The van der Waals surface area contributed by atoms with E-state index in [4.69, 9.17) is 0 Å². The summed E-state index contributed by atoms with van der Waals surface area (Å²) in [6.45, 7) is 0. The SMILES string of the molecule is CN(c1ccnc(C2CC2)n1)C1CC1. The maximum Gasteiger partial charge on any atom is 0.133 e. The van der Waals surface area contributed by atoms with Crippen LogP contribution < -0.4 is 4.90 Å². The third kappa shape index (κ3) is 1.47. The van der Waals surface area contributed by atoms with Crippen molar-refractivity contribution in [3.63, 3.8) is 0 Å². The Hall–Kier alpha value is -1.12. The Balaban J connectivity index is 1.85. The summed E-state index contributed by atoms with van der Waals surface area (Å²) in [5.41, 5.74) is 0. The zero-order chi connectivity index (χ0) is 9.54. The van der Waals surface area contributed by atoms with E-state index in [1.165, 1.54) is 25.7 Å². The second-order valence-electron chi connectivity index (χ2n) is 4.39. The van der Waals surface area contributed by atoms with Gasteiger partial charge in [-0.15, -0.1) is 0 Å². The normalized spacial score (nSPS) is 20.9. The fourth-order valence-electron chi connectivity index (χ4n) is 1.75. The van der Waals surface area contributed by atoms with Gasteiger partial charge in [-0.2, -0.15) is 0 Å². The van der Waals surface area contributed by atoms with Gasteiger partial charge < -0.3 is 4.90 Å². The number of hydrogen-bond donors (Lipinski definition) is 0. The molecule has 0 radical (unpaired) electrons. The molecule has 1 aromatic heterocycles. The largest absolute Gasteiger partial charge is 0.357 e. The standard InChI is InChI=1S/C11H15N3/c1-14(9-4-5-9)10-6-7-12-11(13-10)8-2-3-8/h6-9H,2-5H2,1H3. The molecule has 0 unspecified atom stereocenters. The van der Waals surface area contributed by atoms with Crippen LogP contribution >= 0.6 is 0 Å². The second-order valence-corrected chi connectivity index (χ2v) is 4.39. The van der Waals surface area contributed by atoms with Gasteiger partial charge in [0.2, 0.25) is 0 Å². The summed E-state index contributed by atoms with van der Waals surface area (Å²) in [6.07, 6.45) is 7.08. The number of nitrogens with zero attached hydrogens (tertiary/aromatic N) is 3. The van der Waals surface area contributed by atoms with Crippen molar-refractivity contribution in [3.8, 4) is 0 Å². The second kappa shape index (κ2) is 2.94. The summed E-state index contributed by atoms with van der Waals surface area (Å²) in [4.78, 5) is 11.2. The molecule has 0 amide bonds. The minimum atomic E-state index is 0.655. The minimum Gasteiger partial charge on any atom is -0.357 e. The third-order valence-electron chi connectivity index (χ3n) is 3.06. The summed E-state index contributed by atoms with van der Waals surface area (Å²) >= 11 is 0. The topological polar surface area (TPSA) is 29.0 Å². The average molecular weight is 189 g/mol. The molecule has 1 aromatic rings. The van der Waals surface area contributed by atoms with Crippen LogP contribution in [0.15, 0.2) is 12.3 Å².